The fraction of sp³-hybridized carbons (Fsp3) is 0.273. The van der Waals surface area contributed by atoms with Crippen molar-refractivity contribution >= 4 is 11.9 Å². The molecule has 1 aliphatic heterocycles. The van der Waals surface area contributed by atoms with Crippen LogP contribution in [0.3, 0.4) is 0 Å². The van der Waals surface area contributed by atoms with E-state index in [-0.39, 0.29) is 12.5 Å². The van der Waals surface area contributed by atoms with E-state index in [9.17, 15) is 9.59 Å². The van der Waals surface area contributed by atoms with Gasteiger partial charge in [-0.15, -0.1) is 0 Å². The molecular weight excluding hydrogens is 400 g/mol. The first-order valence-corrected chi connectivity index (χ1v) is 9.91. The first kappa shape index (κ1) is 20.4. The molecule has 0 saturated heterocycles. The van der Waals surface area contributed by atoms with Crippen LogP contribution >= 0.6 is 0 Å². The molecular formula is C22H22N4O5. The lowest BCUT2D eigenvalue weighted by molar-refractivity contribution is -0.124. The van der Waals surface area contributed by atoms with E-state index in [0.29, 0.717) is 38.3 Å². The molecule has 0 saturated carbocycles. The lowest BCUT2D eigenvalue weighted by Gasteiger charge is -2.18. The maximum atomic E-state index is 12.2. The predicted octanol–water partition coefficient (Wildman–Crippen LogP) is 1.61. The Morgan fingerprint density at radius 2 is 1.81 bits per heavy atom. The molecule has 1 aliphatic rings. The van der Waals surface area contributed by atoms with Gasteiger partial charge in [-0.2, -0.15) is 5.10 Å². The summed E-state index contributed by atoms with van der Waals surface area (Å²) in [6, 6.07) is 12.7. The van der Waals surface area contributed by atoms with Gasteiger partial charge >= 0.3 is 5.97 Å². The zero-order chi connectivity index (χ0) is 21.5. The van der Waals surface area contributed by atoms with Gasteiger partial charge in [-0.1, -0.05) is 18.2 Å². The first-order valence-electron chi connectivity index (χ1n) is 9.91. The standard InChI is InChI=1S/C22H22N4O5/c27-21(24-8-7-16-3-6-19-20(11-16)30-10-9-29-19)13-31-22(28)18-4-1-17(2-5-18)12-26-15-23-14-25-26/h1-6,11,14-15H,7-10,12-13H2,(H,24,27). The predicted molar refractivity (Wildman–Crippen MR) is 110 cm³/mol. The third-order valence-electron chi connectivity index (χ3n) is 4.68. The molecule has 160 valence electrons. The number of carbonyl (C=O) groups excluding carboxylic acids is 2. The van der Waals surface area contributed by atoms with Gasteiger partial charge in [0, 0.05) is 6.54 Å². The molecule has 1 amide bonds. The third kappa shape index (κ3) is 5.59. The Morgan fingerprint density at radius 3 is 2.58 bits per heavy atom. The summed E-state index contributed by atoms with van der Waals surface area (Å²) in [4.78, 5) is 28.0. The van der Waals surface area contributed by atoms with Crippen LogP contribution in [-0.4, -0.2) is 53.0 Å². The normalized spacial score (nSPS) is 12.3. The summed E-state index contributed by atoms with van der Waals surface area (Å²) in [5.74, 6) is 0.552. The molecule has 3 aromatic rings. The van der Waals surface area contributed by atoms with E-state index in [1.165, 1.54) is 6.33 Å². The van der Waals surface area contributed by atoms with Gasteiger partial charge in [0.1, 0.15) is 25.9 Å². The molecule has 1 aromatic heterocycles. The van der Waals surface area contributed by atoms with Crippen LogP contribution in [0, 0.1) is 0 Å². The summed E-state index contributed by atoms with van der Waals surface area (Å²) >= 11 is 0. The fourth-order valence-electron chi connectivity index (χ4n) is 3.10. The Morgan fingerprint density at radius 1 is 1.03 bits per heavy atom. The minimum Gasteiger partial charge on any atom is -0.486 e. The molecule has 1 N–H and O–H groups in total. The largest absolute Gasteiger partial charge is 0.486 e. The second-order valence-electron chi connectivity index (χ2n) is 6.94. The number of ether oxygens (including phenoxy) is 3. The van der Waals surface area contributed by atoms with Crippen LogP contribution in [0.15, 0.2) is 55.1 Å². The van der Waals surface area contributed by atoms with Gasteiger partial charge in [-0.05, 0) is 41.8 Å². The quantitative estimate of drug-likeness (QED) is 0.550. The summed E-state index contributed by atoms with van der Waals surface area (Å²) in [5, 5.41) is 6.79. The van der Waals surface area contributed by atoms with E-state index < -0.39 is 5.97 Å². The van der Waals surface area contributed by atoms with Gasteiger partial charge in [0.25, 0.3) is 5.91 Å². The van der Waals surface area contributed by atoms with Gasteiger partial charge in [-0.3, -0.25) is 4.79 Å². The SMILES string of the molecule is O=C(COC(=O)c1ccc(Cn2cncn2)cc1)NCCc1ccc2c(c1)OCCO2. The van der Waals surface area contributed by atoms with E-state index in [0.717, 1.165) is 22.6 Å². The number of benzene rings is 2. The number of carbonyl (C=O) groups is 2. The topological polar surface area (TPSA) is 105 Å². The number of hydrogen-bond acceptors (Lipinski definition) is 7. The number of amides is 1. The van der Waals surface area contributed by atoms with E-state index in [1.54, 1.807) is 23.1 Å². The number of rotatable bonds is 8. The lowest BCUT2D eigenvalue weighted by Crippen LogP contribution is -2.30. The summed E-state index contributed by atoms with van der Waals surface area (Å²) in [5.41, 5.74) is 2.37. The van der Waals surface area contributed by atoms with Crippen LogP contribution in [0.5, 0.6) is 11.5 Å². The maximum Gasteiger partial charge on any atom is 0.338 e. The minimum absolute atomic E-state index is 0.333. The molecule has 4 rings (SSSR count). The van der Waals surface area contributed by atoms with Crippen molar-refractivity contribution in [2.24, 2.45) is 0 Å². The zero-order valence-corrected chi connectivity index (χ0v) is 16.8. The van der Waals surface area contributed by atoms with Crippen LogP contribution < -0.4 is 14.8 Å². The highest BCUT2D eigenvalue weighted by molar-refractivity contribution is 5.91. The molecule has 0 fully saturated rings. The summed E-state index contributed by atoms with van der Waals surface area (Å²) < 4.78 is 17.8. The molecule has 0 aliphatic carbocycles. The Bertz CT molecular complexity index is 1030. The van der Waals surface area contributed by atoms with Gasteiger partial charge < -0.3 is 19.5 Å². The molecule has 9 heteroatoms. The second-order valence-corrected chi connectivity index (χ2v) is 6.94. The van der Waals surface area contributed by atoms with Crippen molar-refractivity contribution in [3.63, 3.8) is 0 Å². The average molecular weight is 422 g/mol. The number of fused-ring (bicyclic) bond motifs is 1. The monoisotopic (exact) mass is 422 g/mol. The maximum absolute atomic E-state index is 12.2. The average Bonchev–Trinajstić information content (AvgIpc) is 3.31. The molecule has 2 heterocycles. The van der Waals surface area contributed by atoms with Gasteiger partial charge in [0.05, 0.1) is 12.1 Å². The smallest absolute Gasteiger partial charge is 0.338 e. The third-order valence-corrected chi connectivity index (χ3v) is 4.68. The van der Waals surface area contributed by atoms with Crippen molar-refractivity contribution in [2.75, 3.05) is 26.4 Å². The Hall–Kier alpha value is -3.88. The highest BCUT2D eigenvalue weighted by Gasteiger charge is 2.13. The van der Waals surface area contributed by atoms with Gasteiger partial charge in [0.2, 0.25) is 0 Å². The van der Waals surface area contributed by atoms with Crippen molar-refractivity contribution in [3.05, 3.63) is 71.8 Å². The molecule has 2 aromatic carbocycles. The van der Waals surface area contributed by atoms with E-state index >= 15 is 0 Å². The summed E-state index contributed by atoms with van der Waals surface area (Å²) in [6.45, 7) is 1.73. The second kappa shape index (κ2) is 9.75. The number of hydrogen-bond donors (Lipinski definition) is 1. The first-order chi connectivity index (χ1) is 15.2. The van der Waals surface area contributed by atoms with Gasteiger partial charge in [0.15, 0.2) is 18.1 Å². The van der Waals surface area contributed by atoms with Crippen molar-refractivity contribution in [2.45, 2.75) is 13.0 Å². The van der Waals surface area contributed by atoms with Crippen molar-refractivity contribution in [1.82, 2.24) is 20.1 Å². The molecule has 0 unspecified atom stereocenters. The molecule has 0 spiro atoms. The number of esters is 1. The molecule has 31 heavy (non-hydrogen) atoms. The van der Waals surface area contributed by atoms with E-state index in [1.807, 2.05) is 30.3 Å². The van der Waals surface area contributed by atoms with Crippen LogP contribution in [0.2, 0.25) is 0 Å². The van der Waals surface area contributed by atoms with E-state index in [4.69, 9.17) is 14.2 Å². The number of nitrogens with zero attached hydrogens (tertiary/aromatic N) is 3. The molecule has 9 nitrogen and oxygen atoms in total. The van der Waals surface area contributed by atoms with Gasteiger partial charge in [-0.25, -0.2) is 14.5 Å². The number of aromatic nitrogens is 3. The van der Waals surface area contributed by atoms with Crippen LogP contribution in [0.25, 0.3) is 0 Å². The highest BCUT2D eigenvalue weighted by atomic mass is 16.6. The molecule has 0 bridgehead atoms. The van der Waals surface area contributed by atoms with Crippen LogP contribution in [0.1, 0.15) is 21.5 Å². The Labute approximate surface area is 178 Å². The fourth-order valence-corrected chi connectivity index (χ4v) is 3.10. The lowest BCUT2D eigenvalue weighted by atomic mass is 10.1. The van der Waals surface area contributed by atoms with Crippen molar-refractivity contribution in [3.8, 4) is 11.5 Å². The highest BCUT2D eigenvalue weighted by Crippen LogP contribution is 2.30. The zero-order valence-electron chi connectivity index (χ0n) is 16.8. The summed E-state index contributed by atoms with van der Waals surface area (Å²) in [7, 11) is 0. The van der Waals surface area contributed by atoms with Crippen molar-refractivity contribution in [1.29, 1.82) is 0 Å². The van der Waals surface area contributed by atoms with E-state index in [2.05, 4.69) is 15.4 Å². The Balaban J connectivity index is 1.18. The van der Waals surface area contributed by atoms with Crippen LogP contribution in [0.4, 0.5) is 0 Å². The Kier molecular flexibility index (Phi) is 6.41. The molecule has 0 atom stereocenters. The minimum atomic E-state index is -0.547. The number of nitrogens with one attached hydrogen (secondary N) is 1. The van der Waals surface area contributed by atoms with Crippen LogP contribution in [-0.2, 0) is 22.5 Å². The molecule has 0 radical (unpaired) electrons. The van der Waals surface area contributed by atoms with Crippen molar-refractivity contribution < 1.29 is 23.8 Å². The summed E-state index contributed by atoms with van der Waals surface area (Å²) in [6.07, 6.45) is 3.71.